The first kappa shape index (κ1) is 21.8. The predicted octanol–water partition coefficient (Wildman–Crippen LogP) is 2.33. The molecule has 1 heterocycles. The molecule has 1 atom stereocenters. The molecule has 6 heteroatoms. The molecular formula is C23H35N3O3. The maximum absolute atomic E-state index is 12.9. The van der Waals surface area contributed by atoms with Crippen molar-refractivity contribution in [2.75, 3.05) is 46.4 Å². The monoisotopic (exact) mass is 401 g/mol. The summed E-state index contributed by atoms with van der Waals surface area (Å²) in [4.78, 5) is 30.0. The van der Waals surface area contributed by atoms with Crippen molar-refractivity contribution in [3.63, 3.8) is 0 Å². The van der Waals surface area contributed by atoms with Crippen molar-refractivity contribution in [3.8, 4) is 0 Å². The van der Waals surface area contributed by atoms with Crippen LogP contribution in [0, 0.1) is 5.92 Å². The molecular weight excluding hydrogens is 366 g/mol. The van der Waals surface area contributed by atoms with E-state index in [2.05, 4.69) is 17.1 Å². The molecule has 1 saturated carbocycles. The van der Waals surface area contributed by atoms with E-state index in [9.17, 15) is 9.59 Å². The van der Waals surface area contributed by atoms with Crippen LogP contribution in [0.5, 0.6) is 0 Å². The van der Waals surface area contributed by atoms with Gasteiger partial charge in [0.1, 0.15) is 0 Å². The predicted molar refractivity (Wildman–Crippen MR) is 114 cm³/mol. The van der Waals surface area contributed by atoms with Gasteiger partial charge in [-0.15, -0.1) is 0 Å². The van der Waals surface area contributed by atoms with Gasteiger partial charge in [-0.25, -0.2) is 0 Å². The van der Waals surface area contributed by atoms with Crippen molar-refractivity contribution >= 4 is 11.8 Å². The minimum Gasteiger partial charge on any atom is -0.383 e. The van der Waals surface area contributed by atoms with Gasteiger partial charge < -0.3 is 15.0 Å². The average Bonchev–Trinajstić information content (AvgIpc) is 3.28. The van der Waals surface area contributed by atoms with Crippen molar-refractivity contribution in [2.45, 2.75) is 45.1 Å². The SMILES string of the molecule is CCc1ccc(C(=O)N2CCN(C(C(=O)NCCOC)C3CCCC3)CC2)cc1. The Labute approximate surface area is 174 Å². The summed E-state index contributed by atoms with van der Waals surface area (Å²) < 4.78 is 5.07. The number of hydrogen-bond acceptors (Lipinski definition) is 4. The van der Waals surface area contributed by atoms with Gasteiger partial charge in [0.05, 0.1) is 12.6 Å². The van der Waals surface area contributed by atoms with Crippen molar-refractivity contribution in [1.82, 2.24) is 15.1 Å². The fourth-order valence-corrected chi connectivity index (χ4v) is 4.60. The van der Waals surface area contributed by atoms with E-state index in [-0.39, 0.29) is 17.9 Å². The van der Waals surface area contributed by atoms with E-state index >= 15 is 0 Å². The number of carbonyl (C=O) groups excluding carboxylic acids is 2. The van der Waals surface area contributed by atoms with Crippen molar-refractivity contribution in [1.29, 1.82) is 0 Å². The fraction of sp³-hybridized carbons (Fsp3) is 0.652. The van der Waals surface area contributed by atoms with Crippen molar-refractivity contribution in [3.05, 3.63) is 35.4 Å². The van der Waals surface area contributed by atoms with Crippen molar-refractivity contribution < 1.29 is 14.3 Å². The first-order chi connectivity index (χ1) is 14.1. The van der Waals surface area contributed by atoms with Crippen LogP contribution in [0.2, 0.25) is 0 Å². The normalized spacial score (nSPS) is 19.3. The van der Waals surface area contributed by atoms with Crippen LogP contribution in [0.15, 0.2) is 24.3 Å². The standard InChI is InChI=1S/C23H35N3O3/c1-3-18-8-10-20(11-9-18)23(28)26-15-13-25(14-16-26)21(19-6-4-5-7-19)22(27)24-12-17-29-2/h8-11,19,21H,3-7,12-17H2,1-2H3,(H,24,27). The van der Waals surface area contributed by atoms with Crippen molar-refractivity contribution in [2.24, 2.45) is 5.92 Å². The van der Waals surface area contributed by atoms with Gasteiger partial charge in [0.2, 0.25) is 5.91 Å². The highest BCUT2D eigenvalue weighted by atomic mass is 16.5. The lowest BCUT2D eigenvalue weighted by atomic mass is 9.95. The zero-order valence-corrected chi connectivity index (χ0v) is 17.9. The first-order valence-electron chi connectivity index (χ1n) is 11.0. The molecule has 2 amide bonds. The van der Waals surface area contributed by atoms with E-state index < -0.39 is 0 Å². The number of amides is 2. The van der Waals surface area contributed by atoms with Gasteiger partial charge in [0, 0.05) is 45.4 Å². The fourth-order valence-electron chi connectivity index (χ4n) is 4.60. The van der Waals surface area contributed by atoms with E-state index in [0.29, 0.717) is 32.2 Å². The minimum atomic E-state index is -0.0876. The molecule has 1 N–H and O–H groups in total. The number of aryl methyl sites for hydroxylation is 1. The van der Waals surface area contributed by atoms with Gasteiger partial charge in [-0.3, -0.25) is 14.5 Å². The molecule has 0 radical (unpaired) electrons. The van der Waals surface area contributed by atoms with Crippen LogP contribution in [-0.2, 0) is 16.0 Å². The lowest BCUT2D eigenvalue weighted by Gasteiger charge is -2.40. The maximum Gasteiger partial charge on any atom is 0.253 e. The highest BCUT2D eigenvalue weighted by molar-refractivity contribution is 5.94. The van der Waals surface area contributed by atoms with Crippen LogP contribution in [0.25, 0.3) is 0 Å². The van der Waals surface area contributed by atoms with Crippen LogP contribution in [0.4, 0.5) is 0 Å². The second kappa shape index (κ2) is 10.7. The van der Waals surface area contributed by atoms with Crippen LogP contribution in [0.1, 0.15) is 48.5 Å². The average molecular weight is 402 g/mol. The third kappa shape index (κ3) is 5.58. The Bertz CT molecular complexity index is 662. The summed E-state index contributed by atoms with van der Waals surface area (Å²) in [6.07, 6.45) is 5.62. The largest absolute Gasteiger partial charge is 0.383 e. The van der Waals surface area contributed by atoms with E-state index in [0.717, 1.165) is 37.9 Å². The highest BCUT2D eigenvalue weighted by Crippen LogP contribution is 2.31. The smallest absolute Gasteiger partial charge is 0.253 e. The van der Waals surface area contributed by atoms with Gasteiger partial charge in [0.15, 0.2) is 0 Å². The number of nitrogens with one attached hydrogen (secondary N) is 1. The van der Waals surface area contributed by atoms with Gasteiger partial charge in [-0.1, -0.05) is 31.9 Å². The van der Waals surface area contributed by atoms with Gasteiger partial charge in [-0.2, -0.15) is 0 Å². The summed E-state index contributed by atoms with van der Waals surface area (Å²) in [6.45, 7) is 6.02. The van der Waals surface area contributed by atoms with Gasteiger partial charge in [-0.05, 0) is 42.9 Å². The summed E-state index contributed by atoms with van der Waals surface area (Å²) in [5.41, 5.74) is 1.99. The van der Waals surface area contributed by atoms with E-state index in [1.165, 1.54) is 18.4 Å². The Morgan fingerprint density at radius 2 is 1.76 bits per heavy atom. The Kier molecular flexibility index (Phi) is 8.07. The molecule has 0 spiro atoms. The molecule has 0 aromatic heterocycles. The van der Waals surface area contributed by atoms with E-state index in [1.807, 2.05) is 29.2 Å². The Morgan fingerprint density at radius 1 is 1.10 bits per heavy atom. The van der Waals surface area contributed by atoms with Crippen LogP contribution < -0.4 is 5.32 Å². The highest BCUT2D eigenvalue weighted by Gasteiger charge is 2.37. The molecule has 1 aliphatic heterocycles. The molecule has 2 aliphatic rings. The summed E-state index contributed by atoms with van der Waals surface area (Å²) in [6, 6.07) is 7.83. The molecule has 1 aliphatic carbocycles. The molecule has 0 bridgehead atoms. The lowest BCUT2D eigenvalue weighted by molar-refractivity contribution is -0.129. The van der Waals surface area contributed by atoms with Crippen LogP contribution in [0.3, 0.4) is 0 Å². The number of rotatable bonds is 8. The Balaban J connectivity index is 1.59. The van der Waals surface area contributed by atoms with Gasteiger partial charge >= 0.3 is 0 Å². The summed E-state index contributed by atoms with van der Waals surface area (Å²) in [7, 11) is 1.65. The molecule has 1 aromatic carbocycles. The number of nitrogens with zero attached hydrogens (tertiary/aromatic N) is 2. The Hall–Kier alpha value is -1.92. The second-order valence-electron chi connectivity index (χ2n) is 8.15. The molecule has 1 saturated heterocycles. The molecule has 1 aromatic rings. The Morgan fingerprint density at radius 3 is 2.34 bits per heavy atom. The molecule has 2 fully saturated rings. The first-order valence-corrected chi connectivity index (χ1v) is 11.0. The van der Waals surface area contributed by atoms with Gasteiger partial charge in [0.25, 0.3) is 5.91 Å². The zero-order chi connectivity index (χ0) is 20.6. The zero-order valence-electron chi connectivity index (χ0n) is 17.9. The topological polar surface area (TPSA) is 61.9 Å². The number of methoxy groups -OCH3 is 1. The number of benzene rings is 1. The molecule has 1 unspecified atom stereocenters. The molecule has 6 nitrogen and oxygen atoms in total. The number of carbonyl (C=O) groups is 2. The molecule has 3 rings (SSSR count). The third-order valence-corrected chi connectivity index (χ3v) is 6.32. The number of hydrogen-bond donors (Lipinski definition) is 1. The third-order valence-electron chi connectivity index (χ3n) is 6.32. The van der Waals surface area contributed by atoms with Crippen LogP contribution >= 0.6 is 0 Å². The number of ether oxygens (including phenoxy) is 1. The lowest BCUT2D eigenvalue weighted by Crippen LogP contribution is -2.58. The van der Waals surface area contributed by atoms with E-state index in [1.54, 1.807) is 7.11 Å². The summed E-state index contributed by atoms with van der Waals surface area (Å²) in [5, 5.41) is 3.04. The summed E-state index contributed by atoms with van der Waals surface area (Å²) in [5.74, 6) is 0.625. The second-order valence-corrected chi connectivity index (χ2v) is 8.15. The quantitative estimate of drug-likeness (QED) is 0.679. The van der Waals surface area contributed by atoms with Crippen LogP contribution in [-0.4, -0.2) is 74.1 Å². The minimum absolute atomic E-state index is 0.0876. The summed E-state index contributed by atoms with van der Waals surface area (Å²) >= 11 is 0. The maximum atomic E-state index is 12.9. The van der Waals surface area contributed by atoms with E-state index in [4.69, 9.17) is 4.74 Å². The number of piperazine rings is 1. The molecule has 160 valence electrons. The molecule has 29 heavy (non-hydrogen) atoms.